The molecule has 1 atom stereocenters. The minimum absolute atomic E-state index is 0.187. The van der Waals surface area contributed by atoms with Crippen LogP contribution in [0.1, 0.15) is 43.7 Å². The van der Waals surface area contributed by atoms with Gasteiger partial charge < -0.3 is 9.47 Å². The molecular weight excluding hydrogens is 328 g/mol. The molecule has 0 bridgehead atoms. The Kier molecular flexibility index (Phi) is 4.40. The molecule has 0 aromatic heterocycles. The number of hydrogen-bond acceptors (Lipinski definition) is 4. The van der Waals surface area contributed by atoms with E-state index in [4.69, 9.17) is 9.47 Å². The zero-order chi connectivity index (χ0) is 16.6. The molecule has 2 heterocycles. The van der Waals surface area contributed by atoms with Gasteiger partial charge in [0.2, 0.25) is 0 Å². The third-order valence-electron chi connectivity index (χ3n) is 4.95. The molecule has 1 N–H and O–H groups in total. The van der Waals surface area contributed by atoms with E-state index in [-0.39, 0.29) is 6.04 Å². The fourth-order valence-electron chi connectivity index (χ4n) is 3.46. The maximum atomic E-state index is 12.7. The first-order valence-electron chi connectivity index (χ1n) is 8.80. The Labute approximate surface area is 143 Å². The molecule has 3 aliphatic rings. The van der Waals surface area contributed by atoms with Crippen molar-refractivity contribution in [3.8, 4) is 11.5 Å². The fourth-order valence-corrected chi connectivity index (χ4v) is 5.00. The molecule has 7 heteroatoms. The van der Waals surface area contributed by atoms with Gasteiger partial charge in [-0.1, -0.05) is 12.5 Å². The highest BCUT2D eigenvalue weighted by Crippen LogP contribution is 2.43. The van der Waals surface area contributed by atoms with Crippen LogP contribution in [-0.2, 0) is 10.2 Å². The van der Waals surface area contributed by atoms with E-state index in [9.17, 15) is 8.42 Å². The van der Waals surface area contributed by atoms with Crippen LogP contribution in [0.5, 0.6) is 11.5 Å². The van der Waals surface area contributed by atoms with Gasteiger partial charge in [-0.2, -0.15) is 17.4 Å². The Bertz CT molecular complexity index is 697. The Morgan fingerprint density at radius 2 is 1.75 bits per heavy atom. The van der Waals surface area contributed by atoms with Gasteiger partial charge in [-0.15, -0.1) is 0 Å². The van der Waals surface area contributed by atoms with E-state index in [1.54, 1.807) is 4.31 Å². The third kappa shape index (κ3) is 3.38. The lowest BCUT2D eigenvalue weighted by atomic mass is 10.0. The minimum Gasteiger partial charge on any atom is -0.486 e. The van der Waals surface area contributed by atoms with Gasteiger partial charge in [-0.05, 0) is 49.3 Å². The summed E-state index contributed by atoms with van der Waals surface area (Å²) in [6.45, 7) is 2.33. The lowest BCUT2D eigenvalue weighted by Crippen LogP contribution is -2.45. The van der Waals surface area contributed by atoms with Gasteiger partial charge >= 0.3 is 0 Å². The van der Waals surface area contributed by atoms with Crippen molar-refractivity contribution >= 4 is 10.2 Å². The first-order valence-corrected chi connectivity index (χ1v) is 10.2. The van der Waals surface area contributed by atoms with Crippen LogP contribution in [0.2, 0.25) is 0 Å². The maximum Gasteiger partial charge on any atom is 0.280 e. The zero-order valence-corrected chi connectivity index (χ0v) is 14.6. The summed E-state index contributed by atoms with van der Waals surface area (Å²) in [5.41, 5.74) is 0.960. The van der Waals surface area contributed by atoms with E-state index >= 15 is 0 Å². The average molecular weight is 352 g/mol. The molecule has 1 aromatic carbocycles. The molecule has 2 aliphatic heterocycles. The van der Waals surface area contributed by atoms with Crippen molar-refractivity contribution in [2.24, 2.45) is 5.92 Å². The number of fused-ring (bicyclic) bond motifs is 1. The number of ether oxygens (including phenoxy) is 2. The lowest BCUT2D eigenvalue weighted by molar-refractivity contribution is 0.171. The van der Waals surface area contributed by atoms with Crippen molar-refractivity contribution in [3.63, 3.8) is 0 Å². The number of rotatable bonds is 5. The van der Waals surface area contributed by atoms with Crippen LogP contribution in [0.3, 0.4) is 0 Å². The highest BCUT2D eigenvalue weighted by Gasteiger charge is 2.37. The second-order valence-electron chi connectivity index (χ2n) is 6.80. The van der Waals surface area contributed by atoms with Crippen molar-refractivity contribution in [2.45, 2.75) is 38.1 Å². The molecule has 24 heavy (non-hydrogen) atoms. The largest absolute Gasteiger partial charge is 0.486 e. The van der Waals surface area contributed by atoms with Crippen molar-refractivity contribution < 1.29 is 17.9 Å². The average Bonchev–Trinajstić information content (AvgIpc) is 3.45. The van der Waals surface area contributed by atoms with Crippen LogP contribution >= 0.6 is 0 Å². The van der Waals surface area contributed by atoms with Crippen LogP contribution < -0.4 is 14.2 Å². The fraction of sp³-hybridized carbons (Fsp3) is 0.647. The normalized spacial score (nSPS) is 23.0. The second kappa shape index (κ2) is 6.54. The van der Waals surface area contributed by atoms with Crippen LogP contribution in [0, 0.1) is 5.92 Å². The molecule has 4 rings (SSSR count). The molecule has 0 spiro atoms. The Morgan fingerprint density at radius 1 is 1.04 bits per heavy atom. The van der Waals surface area contributed by atoms with Crippen molar-refractivity contribution in [2.75, 3.05) is 26.3 Å². The molecule has 6 nitrogen and oxygen atoms in total. The molecule has 1 saturated carbocycles. The van der Waals surface area contributed by atoms with Crippen LogP contribution in [0.15, 0.2) is 18.2 Å². The summed E-state index contributed by atoms with van der Waals surface area (Å²) < 4.78 is 41.2. The van der Waals surface area contributed by atoms with Gasteiger partial charge in [0.1, 0.15) is 13.2 Å². The molecule has 1 unspecified atom stereocenters. The van der Waals surface area contributed by atoms with E-state index in [1.165, 1.54) is 0 Å². The van der Waals surface area contributed by atoms with Gasteiger partial charge in [-0.3, -0.25) is 0 Å². The maximum absolute atomic E-state index is 12.7. The quantitative estimate of drug-likeness (QED) is 0.882. The predicted octanol–water partition coefficient (Wildman–Crippen LogP) is 2.23. The van der Waals surface area contributed by atoms with E-state index in [2.05, 4.69) is 4.72 Å². The summed E-state index contributed by atoms with van der Waals surface area (Å²) in [5, 5.41) is 0. The predicted molar refractivity (Wildman–Crippen MR) is 90.4 cm³/mol. The topological polar surface area (TPSA) is 67.9 Å². The van der Waals surface area contributed by atoms with Gasteiger partial charge in [0.25, 0.3) is 10.2 Å². The van der Waals surface area contributed by atoms with Gasteiger partial charge in [0.15, 0.2) is 11.5 Å². The number of benzene rings is 1. The van der Waals surface area contributed by atoms with Crippen LogP contribution in [0.25, 0.3) is 0 Å². The van der Waals surface area contributed by atoms with Crippen molar-refractivity contribution in [3.05, 3.63) is 23.8 Å². The molecular formula is C17H24N2O4S. The van der Waals surface area contributed by atoms with E-state index in [0.29, 0.717) is 38.0 Å². The Balaban J connectivity index is 1.56. The van der Waals surface area contributed by atoms with E-state index in [0.717, 1.165) is 43.4 Å². The number of hydrogen-bond donors (Lipinski definition) is 1. The van der Waals surface area contributed by atoms with Gasteiger partial charge in [0.05, 0.1) is 6.04 Å². The second-order valence-corrected chi connectivity index (χ2v) is 8.50. The monoisotopic (exact) mass is 352 g/mol. The van der Waals surface area contributed by atoms with Crippen LogP contribution in [0.4, 0.5) is 0 Å². The molecule has 132 valence electrons. The summed E-state index contributed by atoms with van der Waals surface area (Å²) in [6, 6.07) is 5.58. The molecule has 0 radical (unpaired) electrons. The molecule has 1 saturated heterocycles. The smallest absolute Gasteiger partial charge is 0.280 e. The van der Waals surface area contributed by atoms with E-state index in [1.807, 2.05) is 18.2 Å². The third-order valence-corrected chi connectivity index (χ3v) is 6.55. The molecule has 1 aromatic rings. The Morgan fingerprint density at radius 3 is 2.46 bits per heavy atom. The number of nitrogens with one attached hydrogen (secondary N) is 1. The van der Waals surface area contributed by atoms with Gasteiger partial charge in [0, 0.05) is 13.1 Å². The SMILES string of the molecule is O=S(=O)(NC(c1ccc2c(c1)OCCO2)C1CC1)N1CCCCC1. The number of nitrogens with zero attached hydrogens (tertiary/aromatic N) is 1. The summed E-state index contributed by atoms with van der Waals surface area (Å²) in [6.07, 6.45) is 5.11. The Hall–Kier alpha value is -1.31. The van der Waals surface area contributed by atoms with Crippen molar-refractivity contribution in [1.29, 1.82) is 0 Å². The summed E-state index contributed by atoms with van der Waals surface area (Å²) in [7, 11) is -3.45. The van der Waals surface area contributed by atoms with Crippen molar-refractivity contribution in [1.82, 2.24) is 9.03 Å². The highest BCUT2D eigenvalue weighted by molar-refractivity contribution is 7.87. The summed E-state index contributed by atoms with van der Waals surface area (Å²) in [4.78, 5) is 0. The molecule has 0 amide bonds. The standard InChI is InChI=1S/C17H24N2O4S/c20-24(21,19-8-2-1-3-9-19)18-17(13-4-5-13)14-6-7-15-16(12-14)23-11-10-22-15/h6-7,12-13,17-18H,1-5,8-11H2. The van der Waals surface area contributed by atoms with E-state index < -0.39 is 10.2 Å². The zero-order valence-electron chi connectivity index (χ0n) is 13.7. The summed E-state index contributed by atoms with van der Waals surface area (Å²) in [5.74, 6) is 1.81. The highest BCUT2D eigenvalue weighted by atomic mass is 32.2. The first-order chi connectivity index (χ1) is 11.6. The molecule has 1 aliphatic carbocycles. The summed E-state index contributed by atoms with van der Waals surface area (Å²) >= 11 is 0. The lowest BCUT2D eigenvalue weighted by Gasteiger charge is -2.29. The van der Waals surface area contributed by atoms with Crippen LogP contribution in [-0.4, -0.2) is 39.0 Å². The molecule has 2 fully saturated rings. The minimum atomic E-state index is -3.45. The first kappa shape index (κ1) is 16.2. The number of piperidine rings is 1. The van der Waals surface area contributed by atoms with Gasteiger partial charge in [-0.25, -0.2) is 0 Å².